The molecule has 3 nitrogen and oxygen atoms in total. The van der Waals surface area contributed by atoms with E-state index in [9.17, 15) is 13.6 Å². The van der Waals surface area contributed by atoms with E-state index in [1.807, 2.05) is 0 Å². The maximum absolute atomic E-state index is 12.7. The average Bonchev–Trinajstić information content (AvgIpc) is 2.87. The summed E-state index contributed by atoms with van der Waals surface area (Å²) in [6.45, 7) is 1.75. The molecule has 0 aliphatic heterocycles. The van der Waals surface area contributed by atoms with Gasteiger partial charge in [0.05, 0.1) is 26.8 Å². The van der Waals surface area contributed by atoms with Crippen LogP contribution >= 0.6 is 34.3 Å². The van der Waals surface area contributed by atoms with Crippen molar-refractivity contribution in [2.75, 3.05) is 5.32 Å². The Morgan fingerprint density at radius 3 is 2.83 bits per heavy atom. The maximum atomic E-state index is 12.7. The number of alkyl halides is 2. The maximum Gasteiger partial charge on any atom is 0.274 e. The number of amides is 1. The van der Waals surface area contributed by atoms with Gasteiger partial charge in [0.25, 0.3) is 12.3 Å². The summed E-state index contributed by atoms with van der Waals surface area (Å²) in [4.78, 5) is 15.9. The number of halogens is 3. The van der Waals surface area contributed by atoms with Gasteiger partial charge in [-0.15, -0.1) is 22.7 Å². The first-order valence-corrected chi connectivity index (χ1v) is 6.85. The van der Waals surface area contributed by atoms with Crippen LogP contribution in [0.5, 0.6) is 0 Å². The van der Waals surface area contributed by atoms with Crippen LogP contribution in [0.3, 0.4) is 0 Å². The molecule has 0 aromatic carbocycles. The van der Waals surface area contributed by atoms with E-state index in [-0.39, 0.29) is 15.6 Å². The van der Waals surface area contributed by atoms with Gasteiger partial charge in [0.15, 0.2) is 0 Å². The van der Waals surface area contributed by atoms with Crippen molar-refractivity contribution in [3.8, 4) is 0 Å². The Kier molecular flexibility index (Phi) is 3.94. The molecule has 8 heteroatoms. The standard InChI is InChI=1S/C10H7ClF2N2OS2/c1-4-14-2-6(18-4)10(16)15-7-5(11)3-17-8(7)9(12)13/h2-3,9H,1H3,(H,15,16). The fourth-order valence-electron chi connectivity index (χ4n) is 1.27. The van der Waals surface area contributed by atoms with E-state index in [4.69, 9.17) is 11.6 Å². The normalized spacial score (nSPS) is 10.9. The fraction of sp³-hybridized carbons (Fsp3) is 0.200. The molecule has 0 atom stereocenters. The lowest BCUT2D eigenvalue weighted by atomic mass is 10.3. The lowest BCUT2D eigenvalue weighted by Crippen LogP contribution is -2.11. The summed E-state index contributed by atoms with van der Waals surface area (Å²) in [6.07, 6.45) is -1.27. The first-order chi connectivity index (χ1) is 8.49. The summed E-state index contributed by atoms with van der Waals surface area (Å²) >= 11 is 7.78. The number of hydrogen-bond acceptors (Lipinski definition) is 4. The highest BCUT2D eigenvalue weighted by Gasteiger charge is 2.21. The molecule has 0 radical (unpaired) electrons. The predicted octanol–water partition coefficient (Wildman–Crippen LogP) is 4.36. The second-order valence-corrected chi connectivity index (χ2v) is 5.87. The van der Waals surface area contributed by atoms with Crippen LogP contribution in [0.1, 0.15) is 26.0 Å². The van der Waals surface area contributed by atoms with Crippen LogP contribution in [-0.2, 0) is 0 Å². The minimum absolute atomic E-state index is 0.0206. The lowest BCUT2D eigenvalue weighted by Gasteiger charge is -2.05. The zero-order chi connectivity index (χ0) is 13.3. The number of rotatable bonds is 3. The van der Waals surface area contributed by atoms with Gasteiger partial charge < -0.3 is 5.32 Å². The van der Waals surface area contributed by atoms with E-state index in [0.29, 0.717) is 4.88 Å². The van der Waals surface area contributed by atoms with Gasteiger partial charge >= 0.3 is 0 Å². The molecule has 0 aliphatic carbocycles. The Labute approximate surface area is 114 Å². The molecule has 0 saturated carbocycles. The molecule has 18 heavy (non-hydrogen) atoms. The first kappa shape index (κ1) is 13.4. The zero-order valence-electron chi connectivity index (χ0n) is 9.04. The van der Waals surface area contributed by atoms with Crippen molar-refractivity contribution in [3.05, 3.63) is 31.4 Å². The summed E-state index contributed by atoms with van der Waals surface area (Å²) in [5.74, 6) is -0.484. The lowest BCUT2D eigenvalue weighted by molar-refractivity contribution is 0.103. The molecule has 1 N–H and O–H groups in total. The molecular weight excluding hydrogens is 302 g/mol. The van der Waals surface area contributed by atoms with Crippen LogP contribution in [0.4, 0.5) is 14.5 Å². The number of hydrogen-bond donors (Lipinski definition) is 1. The van der Waals surface area contributed by atoms with Crippen LogP contribution in [0, 0.1) is 6.92 Å². The number of aromatic nitrogens is 1. The van der Waals surface area contributed by atoms with Crippen molar-refractivity contribution >= 4 is 45.9 Å². The van der Waals surface area contributed by atoms with E-state index in [1.165, 1.54) is 22.9 Å². The monoisotopic (exact) mass is 308 g/mol. The molecule has 0 unspecified atom stereocenters. The van der Waals surface area contributed by atoms with E-state index in [0.717, 1.165) is 16.3 Å². The van der Waals surface area contributed by atoms with Gasteiger partial charge in [-0.3, -0.25) is 4.79 Å². The van der Waals surface area contributed by atoms with Crippen molar-refractivity contribution in [1.82, 2.24) is 4.98 Å². The van der Waals surface area contributed by atoms with Crippen molar-refractivity contribution in [1.29, 1.82) is 0 Å². The van der Waals surface area contributed by atoms with Crippen LogP contribution in [0.25, 0.3) is 0 Å². The molecule has 0 fully saturated rings. The molecule has 0 aliphatic rings. The molecule has 1 amide bonds. The minimum atomic E-state index is -2.67. The van der Waals surface area contributed by atoms with E-state index < -0.39 is 12.3 Å². The third-order valence-electron chi connectivity index (χ3n) is 2.06. The highest BCUT2D eigenvalue weighted by Crippen LogP contribution is 2.39. The molecular formula is C10H7ClF2N2OS2. The van der Waals surface area contributed by atoms with E-state index >= 15 is 0 Å². The van der Waals surface area contributed by atoms with Crippen LogP contribution in [0.2, 0.25) is 5.02 Å². The number of aryl methyl sites for hydroxylation is 1. The largest absolute Gasteiger partial charge is 0.319 e. The SMILES string of the molecule is Cc1ncc(C(=O)Nc2c(Cl)csc2C(F)F)s1. The number of nitrogens with one attached hydrogen (secondary N) is 1. The van der Waals surface area contributed by atoms with Gasteiger partial charge in [0.2, 0.25) is 0 Å². The van der Waals surface area contributed by atoms with Crippen LogP contribution < -0.4 is 5.32 Å². The summed E-state index contributed by atoms with van der Waals surface area (Å²) in [6, 6.07) is 0. The quantitative estimate of drug-likeness (QED) is 0.915. The van der Waals surface area contributed by atoms with Crippen molar-refractivity contribution < 1.29 is 13.6 Å². The zero-order valence-corrected chi connectivity index (χ0v) is 11.4. The van der Waals surface area contributed by atoms with Crippen molar-refractivity contribution in [3.63, 3.8) is 0 Å². The molecule has 2 aromatic rings. The Hall–Kier alpha value is -1.05. The highest BCUT2D eigenvalue weighted by molar-refractivity contribution is 7.13. The number of carbonyl (C=O) groups excluding carboxylic acids is 1. The summed E-state index contributed by atoms with van der Waals surface area (Å²) in [7, 11) is 0. The molecule has 2 heterocycles. The molecule has 2 aromatic heterocycles. The van der Waals surface area contributed by atoms with Crippen LogP contribution in [0.15, 0.2) is 11.6 Å². The molecule has 0 spiro atoms. The van der Waals surface area contributed by atoms with Crippen LogP contribution in [-0.4, -0.2) is 10.9 Å². The van der Waals surface area contributed by atoms with Gasteiger partial charge in [0.1, 0.15) is 4.88 Å². The van der Waals surface area contributed by atoms with Gasteiger partial charge in [-0.05, 0) is 6.92 Å². The number of thiazole rings is 1. The molecule has 2 rings (SSSR count). The highest BCUT2D eigenvalue weighted by atomic mass is 35.5. The first-order valence-electron chi connectivity index (χ1n) is 4.78. The van der Waals surface area contributed by atoms with Gasteiger partial charge in [-0.25, -0.2) is 13.8 Å². The van der Waals surface area contributed by atoms with Crippen molar-refractivity contribution in [2.24, 2.45) is 0 Å². The Bertz CT molecular complexity index is 582. The van der Waals surface area contributed by atoms with Gasteiger partial charge in [-0.2, -0.15) is 0 Å². The fourth-order valence-corrected chi connectivity index (χ4v) is 3.02. The third-order valence-corrected chi connectivity index (χ3v) is 4.39. The second kappa shape index (κ2) is 5.29. The molecule has 96 valence electrons. The number of thiophene rings is 1. The summed E-state index contributed by atoms with van der Waals surface area (Å²) in [5.41, 5.74) is -0.0206. The Morgan fingerprint density at radius 1 is 1.56 bits per heavy atom. The van der Waals surface area contributed by atoms with Gasteiger partial charge in [0, 0.05) is 5.38 Å². The third kappa shape index (κ3) is 2.68. The van der Waals surface area contributed by atoms with E-state index in [2.05, 4.69) is 10.3 Å². The summed E-state index contributed by atoms with van der Waals surface area (Å²) < 4.78 is 25.4. The topological polar surface area (TPSA) is 42.0 Å². The predicted molar refractivity (Wildman–Crippen MR) is 69.1 cm³/mol. The summed E-state index contributed by atoms with van der Waals surface area (Å²) in [5, 5.41) is 4.61. The number of nitrogens with zero attached hydrogens (tertiary/aromatic N) is 1. The Balaban J connectivity index is 2.24. The van der Waals surface area contributed by atoms with Crippen molar-refractivity contribution in [2.45, 2.75) is 13.3 Å². The minimum Gasteiger partial charge on any atom is -0.319 e. The van der Waals surface area contributed by atoms with E-state index in [1.54, 1.807) is 6.92 Å². The molecule has 0 saturated heterocycles. The Morgan fingerprint density at radius 2 is 2.28 bits per heavy atom. The second-order valence-electron chi connectivity index (χ2n) is 3.32. The van der Waals surface area contributed by atoms with Gasteiger partial charge in [-0.1, -0.05) is 11.6 Å². The number of anilines is 1. The smallest absolute Gasteiger partial charge is 0.274 e. The average molecular weight is 309 g/mol. The number of carbonyl (C=O) groups is 1. The molecule has 0 bridgehead atoms.